The highest BCUT2D eigenvalue weighted by molar-refractivity contribution is 6.30. The molecular formula is C20H13ClO2. The van der Waals surface area contributed by atoms with Crippen LogP contribution in [-0.4, -0.2) is 5.78 Å². The lowest BCUT2D eigenvalue weighted by molar-refractivity contribution is 0.104. The molecule has 0 spiro atoms. The maximum absolute atomic E-state index is 12.4. The summed E-state index contributed by atoms with van der Waals surface area (Å²) in [5.41, 5.74) is 3.55. The number of Topliss-reactive ketones (excluding diaryl/α,β-unsaturated/α-hetero) is 1. The summed E-state index contributed by atoms with van der Waals surface area (Å²) in [6.07, 6.45) is 2.48. The van der Waals surface area contributed by atoms with Gasteiger partial charge in [0.15, 0.2) is 5.78 Å². The van der Waals surface area contributed by atoms with Crippen LogP contribution >= 0.6 is 11.6 Å². The van der Waals surface area contributed by atoms with E-state index in [0.29, 0.717) is 17.2 Å². The van der Waals surface area contributed by atoms with Crippen molar-refractivity contribution < 1.29 is 9.21 Å². The van der Waals surface area contributed by atoms with Gasteiger partial charge in [0, 0.05) is 28.1 Å². The summed E-state index contributed by atoms with van der Waals surface area (Å²) in [7, 11) is 0. The van der Waals surface area contributed by atoms with Crippen molar-refractivity contribution in [1.29, 1.82) is 0 Å². The summed E-state index contributed by atoms with van der Waals surface area (Å²) < 4.78 is 5.85. The van der Waals surface area contributed by atoms with E-state index in [-0.39, 0.29) is 5.78 Å². The Morgan fingerprint density at radius 2 is 1.87 bits per heavy atom. The molecule has 1 aromatic heterocycles. The second-order valence-electron chi connectivity index (χ2n) is 5.54. The molecular weight excluding hydrogens is 308 g/mol. The Morgan fingerprint density at radius 3 is 2.70 bits per heavy atom. The first-order valence-corrected chi connectivity index (χ1v) is 7.77. The summed E-state index contributed by atoms with van der Waals surface area (Å²) in [4.78, 5) is 12.4. The van der Waals surface area contributed by atoms with Crippen molar-refractivity contribution in [1.82, 2.24) is 0 Å². The highest BCUT2D eigenvalue weighted by Crippen LogP contribution is 2.30. The Morgan fingerprint density at radius 1 is 1.00 bits per heavy atom. The molecule has 3 heteroatoms. The fourth-order valence-corrected chi connectivity index (χ4v) is 3.06. The Balaban J connectivity index is 1.65. The quantitative estimate of drug-likeness (QED) is 0.590. The molecule has 23 heavy (non-hydrogen) atoms. The van der Waals surface area contributed by atoms with Gasteiger partial charge < -0.3 is 4.42 Å². The van der Waals surface area contributed by atoms with E-state index in [9.17, 15) is 4.79 Å². The van der Waals surface area contributed by atoms with Gasteiger partial charge >= 0.3 is 0 Å². The van der Waals surface area contributed by atoms with Crippen molar-refractivity contribution in [3.63, 3.8) is 0 Å². The Hall–Kier alpha value is -2.58. The molecule has 0 bridgehead atoms. The summed E-state index contributed by atoms with van der Waals surface area (Å²) in [5.74, 6) is 1.50. The molecule has 0 atom stereocenters. The highest BCUT2D eigenvalue weighted by atomic mass is 35.5. The molecule has 0 saturated heterocycles. The van der Waals surface area contributed by atoms with Crippen LogP contribution in [0.5, 0.6) is 0 Å². The number of ketones is 1. The summed E-state index contributed by atoms with van der Waals surface area (Å²) in [6.45, 7) is 0. The van der Waals surface area contributed by atoms with E-state index >= 15 is 0 Å². The lowest BCUT2D eigenvalue weighted by Gasteiger charge is -1.97. The number of halogens is 1. The first kappa shape index (κ1) is 14.0. The molecule has 1 heterocycles. The number of benzene rings is 2. The van der Waals surface area contributed by atoms with Gasteiger partial charge in [-0.25, -0.2) is 0 Å². The molecule has 0 amide bonds. The minimum atomic E-state index is 0.0845. The number of fused-ring (bicyclic) bond motifs is 1. The van der Waals surface area contributed by atoms with Crippen molar-refractivity contribution >= 4 is 23.5 Å². The van der Waals surface area contributed by atoms with E-state index in [0.717, 1.165) is 28.0 Å². The third-order valence-corrected chi connectivity index (χ3v) is 4.22. The van der Waals surface area contributed by atoms with Gasteiger partial charge in [-0.2, -0.15) is 0 Å². The maximum atomic E-state index is 12.4. The molecule has 0 unspecified atom stereocenters. The minimum absolute atomic E-state index is 0.0845. The smallest absolute Gasteiger partial charge is 0.189 e. The third kappa shape index (κ3) is 2.62. The van der Waals surface area contributed by atoms with Crippen molar-refractivity contribution in [2.24, 2.45) is 0 Å². The number of carbonyl (C=O) groups is 1. The standard InChI is InChI=1S/C20H13ClO2/c21-16-6-3-5-14(11-16)19-9-8-17(23-19)12-15-10-13-4-1-2-7-18(13)20(15)22/h1-9,11-12H,10H2. The molecule has 4 rings (SSSR count). The van der Waals surface area contributed by atoms with E-state index in [2.05, 4.69) is 0 Å². The lowest BCUT2D eigenvalue weighted by Crippen LogP contribution is -1.94. The number of carbonyl (C=O) groups excluding carboxylic acids is 1. The van der Waals surface area contributed by atoms with Gasteiger partial charge in [0.2, 0.25) is 0 Å². The minimum Gasteiger partial charge on any atom is -0.457 e. The lowest BCUT2D eigenvalue weighted by atomic mass is 10.1. The van der Waals surface area contributed by atoms with Gasteiger partial charge in [0.05, 0.1) is 0 Å². The molecule has 0 radical (unpaired) electrons. The van der Waals surface area contributed by atoms with Crippen LogP contribution in [0.4, 0.5) is 0 Å². The molecule has 3 aromatic rings. The van der Waals surface area contributed by atoms with Gasteiger partial charge in [0.25, 0.3) is 0 Å². The highest BCUT2D eigenvalue weighted by Gasteiger charge is 2.24. The van der Waals surface area contributed by atoms with Crippen LogP contribution in [0.3, 0.4) is 0 Å². The predicted molar refractivity (Wildman–Crippen MR) is 91.6 cm³/mol. The van der Waals surface area contributed by atoms with Crippen molar-refractivity contribution in [2.75, 3.05) is 0 Å². The molecule has 0 aliphatic heterocycles. The topological polar surface area (TPSA) is 30.2 Å². The Kier molecular flexibility index (Phi) is 3.40. The van der Waals surface area contributed by atoms with Gasteiger partial charge in [-0.05, 0) is 35.9 Å². The molecule has 112 valence electrons. The molecule has 0 N–H and O–H groups in total. The van der Waals surface area contributed by atoms with Crippen molar-refractivity contribution in [3.05, 3.63) is 88.1 Å². The normalized spacial score (nSPS) is 15.2. The fraction of sp³-hybridized carbons (Fsp3) is 0.0500. The zero-order valence-corrected chi connectivity index (χ0v) is 13.0. The summed E-state index contributed by atoms with van der Waals surface area (Å²) in [6, 6.07) is 19.0. The van der Waals surface area contributed by atoms with E-state index in [1.807, 2.05) is 66.7 Å². The molecule has 1 aliphatic rings. The van der Waals surface area contributed by atoms with Crippen LogP contribution in [0.25, 0.3) is 17.4 Å². The zero-order valence-electron chi connectivity index (χ0n) is 12.3. The summed E-state index contributed by atoms with van der Waals surface area (Å²) >= 11 is 6.01. The van der Waals surface area contributed by atoms with Crippen LogP contribution < -0.4 is 0 Å². The largest absolute Gasteiger partial charge is 0.457 e. The molecule has 0 fully saturated rings. The SMILES string of the molecule is O=C1C(=Cc2ccc(-c3cccc(Cl)c3)o2)Cc2ccccc21. The van der Waals surface area contributed by atoms with E-state index in [1.54, 1.807) is 0 Å². The van der Waals surface area contributed by atoms with Crippen LogP contribution in [0.15, 0.2) is 70.7 Å². The molecule has 0 saturated carbocycles. The second kappa shape index (κ2) is 5.56. The van der Waals surface area contributed by atoms with Crippen molar-refractivity contribution in [3.8, 4) is 11.3 Å². The average molecular weight is 321 g/mol. The zero-order chi connectivity index (χ0) is 15.8. The average Bonchev–Trinajstić information content (AvgIpc) is 3.14. The van der Waals surface area contributed by atoms with Crippen LogP contribution in [0, 0.1) is 0 Å². The Bertz CT molecular complexity index is 934. The van der Waals surface area contributed by atoms with E-state index in [4.69, 9.17) is 16.0 Å². The summed E-state index contributed by atoms with van der Waals surface area (Å²) in [5, 5.41) is 0.667. The van der Waals surface area contributed by atoms with Crippen molar-refractivity contribution in [2.45, 2.75) is 6.42 Å². The van der Waals surface area contributed by atoms with E-state index in [1.165, 1.54) is 0 Å². The number of hydrogen-bond acceptors (Lipinski definition) is 2. The van der Waals surface area contributed by atoms with Crippen LogP contribution in [0.2, 0.25) is 5.02 Å². The number of hydrogen-bond donors (Lipinski definition) is 0. The van der Waals surface area contributed by atoms with Gasteiger partial charge in [0.1, 0.15) is 11.5 Å². The predicted octanol–water partition coefficient (Wildman–Crippen LogP) is 5.42. The first-order valence-electron chi connectivity index (χ1n) is 7.40. The van der Waals surface area contributed by atoms with Gasteiger partial charge in [-0.15, -0.1) is 0 Å². The molecule has 2 nitrogen and oxygen atoms in total. The van der Waals surface area contributed by atoms with Crippen LogP contribution in [-0.2, 0) is 6.42 Å². The first-order chi connectivity index (χ1) is 11.2. The Labute approximate surface area is 139 Å². The molecule has 1 aliphatic carbocycles. The molecule has 2 aromatic carbocycles. The van der Waals surface area contributed by atoms with E-state index < -0.39 is 0 Å². The third-order valence-electron chi connectivity index (χ3n) is 3.99. The van der Waals surface area contributed by atoms with Gasteiger partial charge in [-0.3, -0.25) is 4.79 Å². The number of allylic oxidation sites excluding steroid dienone is 1. The second-order valence-corrected chi connectivity index (χ2v) is 5.98. The fourth-order valence-electron chi connectivity index (χ4n) is 2.87. The number of furan rings is 1. The number of rotatable bonds is 2. The van der Waals surface area contributed by atoms with Gasteiger partial charge in [-0.1, -0.05) is 48.0 Å². The van der Waals surface area contributed by atoms with Crippen LogP contribution in [0.1, 0.15) is 21.7 Å². The monoisotopic (exact) mass is 320 g/mol. The maximum Gasteiger partial charge on any atom is 0.189 e.